The molecule has 1 aliphatic rings. The molecule has 15 nitrogen and oxygen atoms in total. The Hall–Kier alpha value is -6.15. The van der Waals surface area contributed by atoms with E-state index in [4.69, 9.17) is 11.5 Å². The van der Waals surface area contributed by atoms with Gasteiger partial charge in [-0.15, -0.1) is 0 Å². The van der Waals surface area contributed by atoms with Gasteiger partial charge in [-0.1, -0.05) is 24.3 Å². The van der Waals surface area contributed by atoms with Crippen LogP contribution in [0.4, 0.5) is 64.4 Å². The Labute approximate surface area is 301 Å². The van der Waals surface area contributed by atoms with Crippen molar-refractivity contribution in [3.05, 3.63) is 95.3 Å². The van der Waals surface area contributed by atoms with E-state index in [1.54, 1.807) is 31.1 Å². The molecule has 6 rings (SSSR count). The van der Waals surface area contributed by atoms with E-state index in [-0.39, 0.29) is 65.4 Å². The van der Waals surface area contributed by atoms with Gasteiger partial charge in [0.2, 0.25) is 33.8 Å². The van der Waals surface area contributed by atoms with Crippen LogP contribution in [0.2, 0.25) is 0 Å². The van der Waals surface area contributed by atoms with Crippen LogP contribution in [0.15, 0.2) is 82.7 Å². The highest BCUT2D eigenvalue weighted by Gasteiger charge is 2.31. The molecule has 1 atom stereocenters. The molecule has 0 bridgehead atoms. The Balaban J connectivity index is 1.15. The number of aliphatic imine (C=N–C) groups is 1. The van der Waals surface area contributed by atoms with Gasteiger partial charge >= 0.3 is 6.18 Å². The maximum absolute atomic E-state index is 13.3. The molecule has 53 heavy (non-hydrogen) atoms. The normalized spacial score (nSPS) is 14.4. The van der Waals surface area contributed by atoms with E-state index in [0.717, 1.165) is 12.1 Å². The predicted octanol–water partition coefficient (Wildman–Crippen LogP) is 4.86. The minimum absolute atomic E-state index is 0.0157. The molecule has 3 aromatic carbocycles. The highest BCUT2D eigenvalue weighted by atomic mass is 32.2. The molecule has 0 saturated carbocycles. The maximum atomic E-state index is 13.3. The number of nitrogens with one attached hydrogen (secondary N) is 4. The van der Waals surface area contributed by atoms with Gasteiger partial charge in [0.25, 0.3) is 0 Å². The van der Waals surface area contributed by atoms with Crippen LogP contribution in [0.5, 0.6) is 0 Å². The summed E-state index contributed by atoms with van der Waals surface area (Å²) in [5, 5.41) is 9.13. The molecule has 0 fully saturated rings. The van der Waals surface area contributed by atoms with Crippen molar-refractivity contribution in [3.63, 3.8) is 0 Å². The Morgan fingerprint density at radius 3 is 2.21 bits per heavy atom. The Morgan fingerprint density at radius 1 is 0.868 bits per heavy atom. The monoisotopic (exact) mass is 751 g/mol. The summed E-state index contributed by atoms with van der Waals surface area (Å²) in [6.45, 7) is 0.0902. The summed E-state index contributed by atoms with van der Waals surface area (Å²) < 4.78 is 82.0. The van der Waals surface area contributed by atoms with Gasteiger partial charge < -0.3 is 32.3 Å². The maximum Gasteiger partial charge on any atom is 0.416 e. The van der Waals surface area contributed by atoms with Crippen LogP contribution >= 0.6 is 0 Å². The van der Waals surface area contributed by atoms with Crippen molar-refractivity contribution in [3.8, 4) is 0 Å². The average Bonchev–Trinajstić information content (AvgIpc) is 3.31. The first kappa shape index (κ1) is 36.6. The lowest BCUT2D eigenvalue weighted by Gasteiger charge is -2.19. The highest BCUT2D eigenvalue weighted by Crippen LogP contribution is 2.38. The number of anilines is 7. The van der Waals surface area contributed by atoms with E-state index in [1.807, 2.05) is 0 Å². The molecular weight excluding hydrogens is 719 g/mol. The van der Waals surface area contributed by atoms with Crippen LogP contribution < -0.4 is 37.0 Å². The molecule has 0 aliphatic carbocycles. The molecular formula is C33H33F4N13O2S. The third kappa shape index (κ3) is 8.84. The fourth-order valence-electron chi connectivity index (χ4n) is 5.21. The first-order chi connectivity index (χ1) is 25.1. The second kappa shape index (κ2) is 14.8. The molecule has 0 radical (unpaired) electrons. The SMILES string of the molecule is CN(C)c1nc(NCCNS(=O)(=O)c2ccc(C3=Nc4c(N)nc(N)nc4NC(c4ccc(C(F)(F)F)cc4)C3)cc2)nc(Nc2ccc(F)cc2)n1. The predicted molar refractivity (Wildman–Crippen MR) is 193 cm³/mol. The number of halogens is 4. The van der Waals surface area contributed by atoms with Crippen molar-refractivity contribution in [1.82, 2.24) is 29.6 Å². The average molecular weight is 752 g/mol. The molecule has 1 unspecified atom stereocenters. The summed E-state index contributed by atoms with van der Waals surface area (Å²) in [7, 11) is -0.473. The molecule has 0 saturated heterocycles. The van der Waals surface area contributed by atoms with Gasteiger partial charge in [-0.2, -0.15) is 38.1 Å². The van der Waals surface area contributed by atoms with E-state index in [1.165, 1.54) is 48.5 Å². The molecule has 276 valence electrons. The molecule has 5 aromatic rings. The standard InChI is InChI=1S/C33H33F4N13O2S/c1-50(2)32-48-30(47-31(49-32)42-22-11-9-21(34)10-12-22)40-15-16-41-53(51,52)23-13-5-19(6-14-23)24-17-25(18-3-7-20(8-4-18)33(35,36)37)44-28-26(43-24)27(38)45-29(39)46-28/h3-14,25,41H,15-17H2,1-2H3,(H5,38,39,44,45,46)(H2,40,42,47,48,49). The van der Waals surface area contributed by atoms with Gasteiger partial charge in [0.05, 0.1) is 22.2 Å². The fraction of sp³-hybridized carbons (Fsp3) is 0.212. The Kier molecular flexibility index (Phi) is 10.3. The molecule has 0 amide bonds. The second-order valence-corrected chi connectivity index (χ2v) is 13.7. The second-order valence-electron chi connectivity index (χ2n) is 11.9. The van der Waals surface area contributed by atoms with Crippen molar-refractivity contribution >= 4 is 62.5 Å². The minimum Gasteiger partial charge on any atom is -0.382 e. The lowest BCUT2D eigenvalue weighted by molar-refractivity contribution is -0.137. The number of sulfonamides is 1. The van der Waals surface area contributed by atoms with Crippen molar-refractivity contribution in [2.24, 2.45) is 4.99 Å². The number of aromatic nitrogens is 5. The van der Waals surface area contributed by atoms with Crippen LogP contribution in [-0.4, -0.2) is 66.2 Å². The summed E-state index contributed by atoms with van der Waals surface area (Å²) >= 11 is 0. The Morgan fingerprint density at radius 2 is 1.55 bits per heavy atom. The summed E-state index contributed by atoms with van der Waals surface area (Å²) in [5.74, 6) is 0.377. The summed E-state index contributed by atoms with van der Waals surface area (Å²) in [5.41, 5.74) is 13.4. The lowest BCUT2D eigenvalue weighted by atomic mass is 9.96. The molecule has 20 heteroatoms. The first-order valence-corrected chi connectivity index (χ1v) is 17.4. The highest BCUT2D eigenvalue weighted by molar-refractivity contribution is 7.89. The number of fused-ring (bicyclic) bond motifs is 1. The number of nitrogens with two attached hydrogens (primary N) is 2. The van der Waals surface area contributed by atoms with Gasteiger partial charge in [0.15, 0.2) is 11.6 Å². The topological polar surface area (TPSA) is 214 Å². The number of hydrogen-bond donors (Lipinski definition) is 6. The lowest BCUT2D eigenvalue weighted by Crippen LogP contribution is -2.29. The minimum atomic E-state index is -4.50. The van der Waals surface area contributed by atoms with Crippen LogP contribution in [0.3, 0.4) is 0 Å². The molecule has 2 aromatic heterocycles. The zero-order valence-corrected chi connectivity index (χ0v) is 29.0. The van der Waals surface area contributed by atoms with Crippen LogP contribution in [0.1, 0.15) is 29.2 Å². The van der Waals surface area contributed by atoms with E-state index >= 15 is 0 Å². The smallest absolute Gasteiger partial charge is 0.382 e. The number of nitrogens with zero attached hydrogens (tertiary/aromatic N) is 7. The number of benzene rings is 3. The zero-order valence-electron chi connectivity index (χ0n) is 28.1. The third-order valence-electron chi connectivity index (χ3n) is 7.85. The van der Waals surface area contributed by atoms with Crippen molar-refractivity contribution in [2.75, 3.05) is 59.5 Å². The van der Waals surface area contributed by atoms with Gasteiger partial charge in [-0.25, -0.2) is 22.5 Å². The molecule has 8 N–H and O–H groups in total. The summed E-state index contributed by atoms with van der Waals surface area (Å²) in [6.07, 6.45) is -4.33. The zero-order chi connectivity index (χ0) is 37.9. The molecule has 0 spiro atoms. The van der Waals surface area contributed by atoms with E-state index < -0.39 is 27.8 Å². The van der Waals surface area contributed by atoms with Gasteiger partial charge in [0.1, 0.15) is 11.5 Å². The van der Waals surface area contributed by atoms with Crippen LogP contribution in [-0.2, 0) is 16.2 Å². The Bertz CT molecular complexity index is 2240. The fourth-order valence-corrected chi connectivity index (χ4v) is 6.24. The van der Waals surface area contributed by atoms with Gasteiger partial charge in [-0.05, 0) is 59.7 Å². The quantitative estimate of drug-likeness (QED) is 0.0787. The number of nitrogen functional groups attached to an aromatic ring is 2. The van der Waals surface area contributed by atoms with Crippen molar-refractivity contribution in [1.29, 1.82) is 0 Å². The van der Waals surface area contributed by atoms with E-state index in [9.17, 15) is 26.0 Å². The number of hydrogen-bond acceptors (Lipinski definition) is 14. The third-order valence-corrected chi connectivity index (χ3v) is 9.32. The van der Waals surface area contributed by atoms with Gasteiger partial charge in [0, 0.05) is 39.3 Å². The van der Waals surface area contributed by atoms with Gasteiger partial charge in [-0.3, -0.25) is 0 Å². The largest absolute Gasteiger partial charge is 0.416 e. The summed E-state index contributed by atoms with van der Waals surface area (Å²) in [6, 6.07) is 15.7. The number of alkyl halides is 3. The van der Waals surface area contributed by atoms with Crippen molar-refractivity contribution in [2.45, 2.75) is 23.5 Å². The van der Waals surface area contributed by atoms with Crippen LogP contribution in [0, 0.1) is 5.82 Å². The molecule has 1 aliphatic heterocycles. The van der Waals surface area contributed by atoms with E-state index in [0.29, 0.717) is 28.5 Å². The van der Waals surface area contributed by atoms with Crippen LogP contribution in [0.25, 0.3) is 0 Å². The van der Waals surface area contributed by atoms with E-state index in [2.05, 4.69) is 50.6 Å². The number of rotatable bonds is 11. The first-order valence-electron chi connectivity index (χ1n) is 15.9. The van der Waals surface area contributed by atoms with Crippen molar-refractivity contribution < 1.29 is 26.0 Å². The molecule has 3 heterocycles. The summed E-state index contributed by atoms with van der Waals surface area (Å²) in [4.78, 5) is 27.5.